The van der Waals surface area contributed by atoms with Crippen LogP contribution in [0.4, 0.5) is 0 Å². The molecule has 0 bridgehead atoms. The number of rotatable bonds is 4. The number of carbonyl (C=O) groups is 1. The van der Waals surface area contributed by atoms with Gasteiger partial charge in [-0.2, -0.15) is 0 Å². The fraction of sp³-hybridized carbons (Fsp3) is 0.500. The molecule has 0 aromatic carbocycles. The van der Waals surface area contributed by atoms with Crippen LogP contribution < -0.4 is 5.32 Å². The van der Waals surface area contributed by atoms with Gasteiger partial charge in [-0.1, -0.05) is 11.2 Å². The van der Waals surface area contributed by atoms with Gasteiger partial charge in [-0.25, -0.2) is 0 Å². The Morgan fingerprint density at radius 2 is 2.31 bits per heavy atom. The van der Waals surface area contributed by atoms with E-state index in [1.807, 2.05) is 0 Å². The zero-order valence-electron chi connectivity index (χ0n) is 8.00. The van der Waals surface area contributed by atoms with Gasteiger partial charge in [0.15, 0.2) is 5.71 Å². The number of nitrogens with zero attached hydrogens (tertiary/aromatic N) is 1. The standard InChI is InChI=1S/C8H14N2O3/c1-6(4-5-11)7(10-13-3)8(12)9-2/h4,11H,5H2,1-3H3,(H,9,12)/b6-4+,10-7+. The van der Waals surface area contributed by atoms with Crippen molar-refractivity contribution in [2.24, 2.45) is 5.16 Å². The minimum atomic E-state index is -0.343. The monoisotopic (exact) mass is 186 g/mol. The maximum atomic E-state index is 11.2. The van der Waals surface area contributed by atoms with Crippen molar-refractivity contribution in [1.29, 1.82) is 0 Å². The first-order chi connectivity index (χ1) is 6.17. The highest BCUT2D eigenvalue weighted by molar-refractivity contribution is 6.44. The molecule has 0 radical (unpaired) electrons. The first kappa shape index (κ1) is 11.6. The van der Waals surface area contributed by atoms with Crippen LogP contribution in [-0.2, 0) is 9.63 Å². The highest BCUT2D eigenvalue weighted by Gasteiger charge is 2.11. The quantitative estimate of drug-likeness (QED) is 0.466. The molecule has 0 saturated carbocycles. The third kappa shape index (κ3) is 3.71. The van der Waals surface area contributed by atoms with Crippen molar-refractivity contribution in [3.05, 3.63) is 11.6 Å². The molecular formula is C8H14N2O3. The molecule has 1 amide bonds. The Balaban J connectivity index is 4.72. The Labute approximate surface area is 77.1 Å². The summed E-state index contributed by atoms with van der Waals surface area (Å²) >= 11 is 0. The lowest BCUT2D eigenvalue weighted by molar-refractivity contribution is -0.114. The number of aliphatic hydroxyl groups is 1. The predicted molar refractivity (Wildman–Crippen MR) is 49.4 cm³/mol. The molecule has 0 spiro atoms. The van der Waals surface area contributed by atoms with E-state index in [0.29, 0.717) is 5.57 Å². The van der Waals surface area contributed by atoms with E-state index in [4.69, 9.17) is 5.11 Å². The lowest BCUT2D eigenvalue weighted by Gasteiger charge is -2.03. The molecule has 0 aliphatic rings. The van der Waals surface area contributed by atoms with Gasteiger partial charge < -0.3 is 15.3 Å². The van der Waals surface area contributed by atoms with Crippen molar-refractivity contribution in [1.82, 2.24) is 5.32 Å². The fourth-order valence-corrected chi connectivity index (χ4v) is 0.736. The Morgan fingerprint density at radius 3 is 2.69 bits per heavy atom. The minimum absolute atomic E-state index is 0.133. The minimum Gasteiger partial charge on any atom is -0.398 e. The summed E-state index contributed by atoms with van der Waals surface area (Å²) in [5.41, 5.74) is 0.739. The largest absolute Gasteiger partial charge is 0.398 e. The number of nitrogens with one attached hydrogen (secondary N) is 1. The van der Waals surface area contributed by atoms with E-state index in [9.17, 15) is 4.79 Å². The molecule has 0 aliphatic carbocycles. The van der Waals surface area contributed by atoms with Gasteiger partial charge in [-0.05, 0) is 12.5 Å². The van der Waals surface area contributed by atoms with Crippen LogP contribution in [0.3, 0.4) is 0 Å². The number of amides is 1. The predicted octanol–water partition coefficient (Wildman–Crippen LogP) is -0.327. The molecule has 5 heteroatoms. The van der Waals surface area contributed by atoms with Gasteiger partial charge in [-0.15, -0.1) is 0 Å². The van der Waals surface area contributed by atoms with E-state index >= 15 is 0 Å². The van der Waals surface area contributed by atoms with Crippen molar-refractivity contribution in [3.8, 4) is 0 Å². The van der Waals surface area contributed by atoms with Crippen molar-refractivity contribution < 1.29 is 14.7 Å². The van der Waals surface area contributed by atoms with Crippen LogP contribution in [0, 0.1) is 0 Å². The van der Waals surface area contributed by atoms with E-state index in [2.05, 4.69) is 15.3 Å². The number of aliphatic hydroxyl groups excluding tert-OH is 1. The number of hydrogen-bond donors (Lipinski definition) is 2. The fourth-order valence-electron chi connectivity index (χ4n) is 0.736. The van der Waals surface area contributed by atoms with Crippen molar-refractivity contribution in [3.63, 3.8) is 0 Å². The molecule has 0 fully saturated rings. The molecule has 0 heterocycles. The average molecular weight is 186 g/mol. The summed E-state index contributed by atoms with van der Waals surface area (Å²) < 4.78 is 0. The van der Waals surface area contributed by atoms with E-state index < -0.39 is 0 Å². The second kappa shape index (κ2) is 6.19. The maximum absolute atomic E-state index is 11.2. The van der Waals surface area contributed by atoms with Crippen LogP contribution in [0.5, 0.6) is 0 Å². The molecule has 5 nitrogen and oxygen atoms in total. The third-order valence-corrected chi connectivity index (χ3v) is 1.40. The smallest absolute Gasteiger partial charge is 0.273 e. The van der Waals surface area contributed by atoms with Crippen molar-refractivity contribution >= 4 is 11.6 Å². The van der Waals surface area contributed by atoms with Crippen LogP contribution in [-0.4, -0.2) is 37.5 Å². The van der Waals surface area contributed by atoms with Gasteiger partial charge in [0.05, 0.1) is 6.61 Å². The van der Waals surface area contributed by atoms with Crippen LogP contribution in [0.1, 0.15) is 6.92 Å². The lowest BCUT2D eigenvalue weighted by Crippen LogP contribution is -2.28. The Hall–Kier alpha value is -1.36. The zero-order valence-corrected chi connectivity index (χ0v) is 8.00. The van der Waals surface area contributed by atoms with Crippen molar-refractivity contribution in [2.45, 2.75) is 6.92 Å². The van der Waals surface area contributed by atoms with Crippen molar-refractivity contribution in [2.75, 3.05) is 20.8 Å². The van der Waals surface area contributed by atoms with Gasteiger partial charge in [-0.3, -0.25) is 4.79 Å². The Bertz CT molecular complexity index is 234. The Kier molecular flexibility index (Phi) is 5.54. The van der Waals surface area contributed by atoms with Crippen LogP contribution in [0.15, 0.2) is 16.8 Å². The molecule has 0 aromatic heterocycles. The molecule has 0 aliphatic heterocycles. The first-order valence-corrected chi connectivity index (χ1v) is 3.78. The first-order valence-electron chi connectivity index (χ1n) is 3.78. The number of hydrogen-bond acceptors (Lipinski definition) is 4. The topological polar surface area (TPSA) is 70.9 Å². The molecule has 74 valence electrons. The molecule has 0 aromatic rings. The van der Waals surface area contributed by atoms with Crippen LogP contribution >= 0.6 is 0 Å². The molecule has 0 atom stereocenters. The van der Waals surface area contributed by atoms with E-state index in [0.717, 1.165) is 0 Å². The summed E-state index contributed by atoms with van der Waals surface area (Å²) in [6.45, 7) is 1.54. The average Bonchev–Trinajstić information content (AvgIpc) is 2.13. The summed E-state index contributed by atoms with van der Waals surface area (Å²) in [6.07, 6.45) is 1.48. The van der Waals surface area contributed by atoms with Gasteiger partial charge in [0, 0.05) is 7.05 Å². The molecular weight excluding hydrogens is 172 g/mol. The van der Waals surface area contributed by atoms with Gasteiger partial charge in [0.1, 0.15) is 7.11 Å². The number of oxime groups is 1. The van der Waals surface area contributed by atoms with Crippen LogP contribution in [0.25, 0.3) is 0 Å². The molecule has 13 heavy (non-hydrogen) atoms. The molecule has 0 rings (SSSR count). The summed E-state index contributed by atoms with van der Waals surface area (Å²) in [5, 5.41) is 14.6. The molecule has 0 unspecified atom stereocenters. The summed E-state index contributed by atoms with van der Waals surface area (Å²) in [6, 6.07) is 0. The maximum Gasteiger partial charge on any atom is 0.273 e. The second-order valence-electron chi connectivity index (χ2n) is 2.27. The van der Waals surface area contributed by atoms with Gasteiger partial charge >= 0.3 is 0 Å². The number of carbonyl (C=O) groups excluding carboxylic acids is 1. The molecule has 2 N–H and O–H groups in total. The van der Waals surface area contributed by atoms with E-state index in [1.165, 1.54) is 20.2 Å². The normalized spacial score (nSPS) is 12.6. The highest BCUT2D eigenvalue weighted by Crippen LogP contribution is 1.97. The summed E-state index contributed by atoms with van der Waals surface area (Å²) in [7, 11) is 2.86. The van der Waals surface area contributed by atoms with Crippen LogP contribution in [0.2, 0.25) is 0 Å². The Morgan fingerprint density at radius 1 is 1.69 bits per heavy atom. The highest BCUT2D eigenvalue weighted by atomic mass is 16.6. The second-order valence-corrected chi connectivity index (χ2v) is 2.27. The van der Waals surface area contributed by atoms with Gasteiger partial charge in [0.25, 0.3) is 5.91 Å². The zero-order chi connectivity index (χ0) is 10.3. The molecule has 0 saturated heterocycles. The van der Waals surface area contributed by atoms with Gasteiger partial charge in [0.2, 0.25) is 0 Å². The lowest BCUT2D eigenvalue weighted by atomic mass is 10.1. The SMILES string of the molecule is CNC(=O)C(=N/OC)/C(C)=C/CO. The third-order valence-electron chi connectivity index (χ3n) is 1.40. The van der Waals surface area contributed by atoms with E-state index in [1.54, 1.807) is 6.92 Å². The van der Waals surface area contributed by atoms with E-state index in [-0.39, 0.29) is 18.2 Å². The summed E-state index contributed by atoms with van der Waals surface area (Å²) in [5.74, 6) is -0.343. The summed E-state index contributed by atoms with van der Waals surface area (Å²) in [4.78, 5) is 15.7.